The monoisotopic (exact) mass is 213 g/mol. The van der Waals surface area contributed by atoms with Crippen molar-refractivity contribution >= 4 is 0 Å². The molecular weight excluding hydrogens is 196 g/mol. The molecule has 0 radical (unpaired) electrons. The fourth-order valence-corrected chi connectivity index (χ4v) is 1.61. The fraction of sp³-hybridized carbons (Fsp3) is 0.500. The van der Waals surface area contributed by atoms with Crippen LogP contribution in [0.5, 0.6) is 0 Å². The molecular formula is C12H17F2N. The van der Waals surface area contributed by atoms with Gasteiger partial charge in [0, 0.05) is 12.5 Å². The molecule has 1 aromatic rings. The normalized spacial score (nSPS) is 13.9. The largest absolute Gasteiger partial charge is 0.328 e. The molecule has 84 valence electrons. The van der Waals surface area contributed by atoms with Crippen LogP contribution in [0, 0.1) is 0 Å². The fourth-order valence-electron chi connectivity index (χ4n) is 1.61. The summed E-state index contributed by atoms with van der Waals surface area (Å²) in [6.45, 7) is 2.82. The molecule has 0 amide bonds. The summed E-state index contributed by atoms with van der Waals surface area (Å²) in [4.78, 5) is 0. The minimum absolute atomic E-state index is 0.00312. The Labute approximate surface area is 89.3 Å². The second kappa shape index (κ2) is 4.71. The molecule has 0 spiro atoms. The molecule has 1 aromatic carbocycles. The molecule has 0 aliphatic carbocycles. The van der Waals surface area contributed by atoms with E-state index in [0.29, 0.717) is 12.0 Å². The van der Waals surface area contributed by atoms with Crippen molar-refractivity contribution in [3.63, 3.8) is 0 Å². The topological polar surface area (TPSA) is 26.0 Å². The van der Waals surface area contributed by atoms with Gasteiger partial charge in [-0.3, -0.25) is 0 Å². The molecule has 1 nitrogen and oxygen atoms in total. The van der Waals surface area contributed by atoms with Crippen LogP contribution in [0.3, 0.4) is 0 Å². The minimum atomic E-state index is -2.66. The molecule has 0 saturated heterocycles. The van der Waals surface area contributed by atoms with Crippen molar-refractivity contribution in [1.82, 2.24) is 0 Å². The Morgan fingerprint density at radius 1 is 1.27 bits per heavy atom. The van der Waals surface area contributed by atoms with Gasteiger partial charge in [0.05, 0.1) is 0 Å². The Morgan fingerprint density at radius 3 is 2.27 bits per heavy atom. The number of halogens is 2. The lowest BCUT2D eigenvalue weighted by molar-refractivity contribution is 0.0224. The van der Waals surface area contributed by atoms with Crippen LogP contribution in [-0.4, -0.2) is 12.0 Å². The predicted molar refractivity (Wildman–Crippen MR) is 58.1 cm³/mol. The minimum Gasteiger partial charge on any atom is -0.328 e. The first kappa shape index (κ1) is 12.1. The summed E-state index contributed by atoms with van der Waals surface area (Å²) in [6, 6.07) is 7.25. The molecule has 0 aliphatic rings. The van der Waals surface area contributed by atoms with Crippen molar-refractivity contribution < 1.29 is 8.78 Å². The van der Waals surface area contributed by atoms with E-state index < -0.39 is 5.92 Å². The van der Waals surface area contributed by atoms with Crippen LogP contribution in [0.15, 0.2) is 24.3 Å². The van der Waals surface area contributed by atoms with Crippen LogP contribution in [0.2, 0.25) is 0 Å². The van der Waals surface area contributed by atoms with Crippen LogP contribution < -0.4 is 5.73 Å². The lowest BCUT2D eigenvalue weighted by atomic mass is 9.97. The first-order chi connectivity index (χ1) is 6.88. The van der Waals surface area contributed by atoms with Crippen molar-refractivity contribution in [3.05, 3.63) is 35.4 Å². The zero-order chi connectivity index (χ0) is 11.5. The molecule has 1 atom stereocenters. The van der Waals surface area contributed by atoms with Crippen LogP contribution in [0.1, 0.15) is 25.0 Å². The van der Waals surface area contributed by atoms with Gasteiger partial charge in [-0.05, 0) is 31.4 Å². The molecule has 0 heterocycles. The summed E-state index contributed by atoms with van der Waals surface area (Å²) in [5, 5.41) is 0. The van der Waals surface area contributed by atoms with Gasteiger partial charge in [0.1, 0.15) is 0 Å². The maximum atomic E-state index is 12.9. The number of alkyl halides is 2. The van der Waals surface area contributed by atoms with Gasteiger partial charge in [-0.2, -0.15) is 0 Å². The first-order valence-corrected chi connectivity index (χ1v) is 5.08. The highest BCUT2D eigenvalue weighted by Crippen LogP contribution is 2.22. The third-order valence-corrected chi connectivity index (χ3v) is 2.16. The summed E-state index contributed by atoms with van der Waals surface area (Å²) >= 11 is 0. The molecule has 0 aromatic heterocycles. The third-order valence-electron chi connectivity index (χ3n) is 2.16. The molecule has 15 heavy (non-hydrogen) atoms. The second-order valence-electron chi connectivity index (χ2n) is 4.20. The summed E-state index contributed by atoms with van der Waals surface area (Å²) in [7, 11) is 0. The molecule has 2 N–H and O–H groups in total. The van der Waals surface area contributed by atoms with E-state index in [4.69, 9.17) is 5.73 Å². The van der Waals surface area contributed by atoms with Crippen LogP contribution in [-0.2, 0) is 12.8 Å². The number of hydrogen-bond acceptors (Lipinski definition) is 1. The average molecular weight is 213 g/mol. The van der Waals surface area contributed by atoms with E-state index in [1.807, 2.05) is 19.1 Å². The van der Waals surface area contributed by atoms with E-state index in [0.717, 1.165) is 12.5 Å². The smallest absolute Gasteiger partial charge is 0.249 e. The van der Waals surface area contributed by atoms with Gasteiger partial charge < -0.3 is 5.73 Å². The Balaban J connectivity index is 2.86. The highest BCUT2D eigenvalue weighted by molar-refractivity contribution is 5.28. The van der Waals surface area contributed by atoms with E-state index in [9.17, 15) is 8.78 Å². The Hall–Kier alpha value is -0.960. The van der Waals surface area contributed by atoms with Gasteiger partial charge in [0.15, 0.2) is 0 Å². The SMILES string of the molecule is CC(N)Cc1ccccc1CC(C)(F)F. The van der Waals surface area contributed by atoms with Gasteiger partial charge in [-0.25, -0.2) is 8.78 Å². The first-order valence-electron chi connectivity index (χ1n) is 5.08. The molecule has 0 saturated carbocycles. The predicted octanol–water partition coefficient (Wildman–Crippen LogP) is 2.77. The summed E-state index contributed by atoms with van der Waals surface area (Å²) in [6.07, 6.45) is 0.433. The van der Waals surface area contributed by atoms with Crippen molar-refractivity contribution in [1.29, 1.82) is 0 Å². The van der Waals surface area contributed by atoms with Crippen molar-refractivity contribution in [2.45, 2.75) is 38.7 Å². The number of benzene rings is 1. The van der Waals surface area contributed by atoms with Gasteiger partial charge in [-0.1, -0.05) is 24.3 Å². The summed E-state index contributed by atoms with van der Waals surface area (Å²) in [5.74, 6) is -2.66. The van der Waals surface area contributed by atoms with Gasteiger partial charge in [-0.15, -0.1) is 0 Å². The Kier molecular flexibility index (Phi) is 3.80. The van der Waals surface area contributed by atoms with Crippen LogP contribution in [0.4, 0.5) is 8.78 Å². The van der Waals surface area contributed by atoms with E-state index in [1.165, 1.54) is 0 Å². The molecule has 0 fully saturated rings. The zero-order valence-electron chi connectivity index (χ0n) is 9.13. The molecule has 0 aliphatic heterocycles. The Bertz CT molecular complexity index is 316. The van der Waals surface area contributed by atoms with E-state index in [2.05, 4.69) is 0 Å². The average Bonchev–Trinajstić information content (AvgIpc) is 2.05. The maximum absolute atomic E-state index is 12.9. The maximum Gasteiger partial charge on any atom is 0.249 e. The Morgan fingerprint density at radius 2 is 1.80 bits per heavy atom. The van der Waals surface area contributed by atoms with E-state index in [1.54, 1.807) is 12.1 Å². The lowest BCUT2D eigenvalue weighted by Crippen LogP contribution is -2.20. The quantitative estimate of drug-likeness (QED) is 0.817. The van der Waals surface area contributed by atoms with Crippen molar-refractivity contribution in [2.24, 2.45) is 5.73 Å². The number of hydrogen-bond donors (Lipinski definition) is 1. The molecule has 1 unspecified atom stereocenters. The lowest BCUT2D eigenvalue weighted by Gasteiger charge is -2.15. The highest BCUT2D eigenvalue weighted by atomic mass is 19.3. The number of nitrogens with two attached hydrogens (primary N) is 1. The van der Waals surface area contributed by atoms with Gasteiger partial charge in [0.2, 0.25) is 5.92 Å². The summed E-state index contributed by atoms with van der Waals surface area (Å²) in [5.41, 5.74) is 7.29. The van der Waals surface area contributed by atoms with Crippen LogP contribution in [0.25, 0.3) is 0 Å². The second-order valence-corrected chi connectivity index (χ2v) is 4.20. The van der Waals surface area contributed by atoms with Crippen molar-refractivity contribution in [2.75, 3.05) is 0 Å². The van der Waals surface area contributed by atoms with Crippen LogP contribution >= 0.6 is 0 Å². The molecule has 3 heteroatoms. The van der Waals surface area contributed by atoms with E-state index in [-0.39, 0.29) is 12.5 Å². The zero-order valence-corrected chi connectivity index (χ0v) is 9.13. The highest BCUT2D eigenvalue weighted by Gasteiger charge is 2.22. The van der Waals surface area contributed by atoms with Gasteiger partial charge in [0.25, 0.3) is 0 Å². The number of rotatable bonds is 4. The molecule has 0 bridgehead atoms. The third kappa shape index (κ3) is 4.38. The van der Waals surface area contributed by atoms with Crippen molar-refractivity contribution in [3.8, 4) is 0 Å². The molecule has 1 rings (SSSR count). The van der Waals surface area contributed by atoms with Gasteiger partial charge >= 0.3 is 0 Å². The standard InChI is InChI=1S/C12H17F2N/c1-9(15)7-10-5-3-4-6-11(10)8-12(2,13)14/h3-6,9H,7-8,15H2,1-2H3. The van der Waals surface area contributed by atoms with E-state index >= 15 is 0 Å². The summed E-state index contributed by atoms with van der Waals surface area (Å²) < 4.78 is 25.8.